The van der Waals surface area contributed by atoms with Crippen LogP contribution in [0.4, 0.5) is 0 Å². The summed E-state index contributed by atoms with van der Waals surface area (Å²) in [6.45, 7) is 8.31. The van der Waals surface area contributed by atoms with Crippen molar-refractivity contribution in [2.75, 3.05) is 19.6 Å². The Balaban J connectivity index is 0. The van der Waals surface area contributed by atoms with Gasteiger partial charge in [-0.1, -0.05) is 5.16 Å². The molecule has 0 bridgehead atoms. The predicted octanol–water partition coefficient (Wildman–Crippen LogP) is 1.18. The molecule has 1 heterocycles. The Kier molecular flexibility index (Phi) is 8.43. The third kappa shape index (κ3) is 6.20. The summed E-state index contributed by atoms with van der Waals surface area (Å²) in [5, 5.41) is 7.34. The van der Waals surface area contributed by atoms with E-state index in [0.717, 1.165) is 18.8 Å². The number of halogens is 2. The van der Waals surface area contributed by atoms with Crippen LogP contribution in [-0.4, -0.2) is 30.9 Å². The molecule has 1 atom stereocenters. The van der Waals surface area contributed by atoms with E-state index in [1.807, 2.05) is 20.8 Å². The second-order valence-electron chi connectivity index (χ2n) is 4.35. The Morgan fingerprint density at radius 3 is 2.53 bits per heavy atom. The number of nitrogens with one attached hydrogen (secondary N) is 1. The van der Waals surface area contributed by atoms with Crippen LogP contribution in [0.3, 0.4) is 0 Å². The fourth-order valence-electron chi connectivity index (χ4n) is 1.16. The minimum Gasteiger partial charge on any atom is -0.390 e. The highest BCUT2D eigenvalue weighted by Crippen LogP contribution is 2.10. The lowest BCUT2D eigenvalue weighted by Crippen LogP contribution is -2.24. The van der Waals surface area contributed by atoms with E-state index >= 15 is 0 Å². The van der Waals surface area contributed by atoms with Crippen LogP contribution in [0, 0.1) is 5.92 Å². The molecule has 1 unspecified atom stereocenters. The summed E-state index contributed by atoms with van der Waals surface area (Å²) in [6, 6.07) is 0. The van der Waals surface area contributed by atoms with Crippen LogP contribution in [0.5, 0.6) is 0 Å². The average molecular weight is 258 g/mol. The van der Waals surface area contributed by atoms with Gasteiger partial charge in [-0.3, -0.25) is 0 Å². The molecular formula is C9H21Cl2N3O. The largest absolute Gasteiger partial charge is 0.390 e. The van der Waals surface area contributed by atoms with Gasteiger partial charge in [0.2, 0.25) is 0 Å². The molecular weight excluding hydrogens is 237 g/mol. The molecule has 0 aromatic carbocycles. The molecule has 1 saturated heterocycles. The molecule has 0 aromatic rings. The predicted molar refractivity (Wildman–Crippen MR) is 68.2 cm³/mol. The Morgan fingerprint density at radius 2 is 2.07 bits per heavy atom. The van der Waals surface area contributed by atoms with Crippen molar-refractivity contribution in [1.82, 2.24) is 5.32 Å². The number of hydrogen-bond acceptors (Lipinski definition) is 4. The number of nitrogens with two attached hydrogens (primary N) is 1. The zero-order chi connectivity index (χ0) is 9.90. The van der Waals surface area contributed by atoms with Gasteiger partial charge in [0.25, 0.3) is 0 Å². The first-order valence-corrected chi connectivity index (χ1v) is 4.68. The smallest absolute Gasteiger partial charge is 0.129 e. The highest BCUT2D eigenvalue weighted by molar-refractivity contribution is 5.90. The van der Waals surface area contributed by atoms with Crippen molar-refractivity contribution < 1.29 is 4.84 Å². The molecule has 0 aromatic heterocycles. The first kappa shape index (κ1) is 17.4. The van der Waals surface area contributed by atoms with E-state index in [4.69, 9.17) is 10.6 Å². The summed E-state index contributed by atoms with van der Waals surface area (Å²) in [7, 11) is 0. The first-order chi connectivity index (χ1) is 6.03. The fourth-order valence-corrected chi connectivity index (χ4v) is 1.16. The lowest BCUT2D eigenvalue weighted by atomic mass is 10.1. The Morgan fingerprint density at radius 1 is 1.47 bits per heavy atom. The normalized spacial score (nSPS) is 23.2. The van der Waals surface area contributed by atoms with E-state index in [2.05, 4.69) is 10.5 Å². The molecule has 6 heteroatoms. The maximum absolute atomic E-state index is 5.59. The van der Waals surface area contributed by atoms with Gasteiger partial charge in [0.1, 0.15) is 5.60 Å². The molecule has 1 rings (SSSR count). The molecule has 1 aliphatic heterocycles. The molecule has 0 aliphatic carbocycles. The molecule has 1 fully saturated rings. The molecule has 0 amide bonds. The highest BCUT2D eigenvalue weighted by Gasteiger charge is 2.22. The van der Waals surface area contributed by atoms with Crippen LogP contribution in [-0.2, 0) is 4.84 Å². The van der Waals surface area contributed by atoms with E-state index in [1.165, 1.54) is 0 Å². The summed E-state index contributed by atoms with van der Waals surface area (Å²) in [4.78, 5) is 5.34. The Labute approximate surface area is 104 Å². The van der Waals surface area contributed by atoms with Crippen molar-refractivity contribution in [3.8, 4) is 0 Å². The summed E-state index contributed by atoms with van der Waals surface area (Å²) < 4.78 is 0. The Bertz CT molecular complexity index is 204. The number of rotatable bonds is 2. The van der Waals surface area contributed by atoms with Gasteiger partial charge in [-0.25, -0.2) is 0 Å². The van der Waals surface area contributed by atoms with E-state index in [1.54, 1.807) is 0 Å². The fraction of sp³-hybridized carbons (Fsp3) is 0.889. The number of hydrogen-bond donors (Lipinski definition) is 2. The zero-order valence-electron chi connectivity index (χ0n) is 9.45. The summed E-state index contributed by atoms with van der Waals surface area (Å²) in [5.74, 6) is 0.349. The van der Waals surface area contributed by atoms with E-state index in [-0.39, 0.29) is 30.4 Å². The molecule has 0 radical (unpaired) electrons. The van der Waals surface area contributed by atoms with Gasteiger partial charge in [-0.05, 0) is 20.8 Å². The van der Waals surface area contributed by atoms with Gasteiger partial charge in [-0.15, -0.1) is 24.8 Å². The van der Waals surface area contributed by atoms with Crippen LogP contribution < -0.4 is 11.1 Å². The van der Waals surface area contributed by atoms with Gasteiger partial charge in [0, 0.05) is 25.6 Å². The van der Waals surface area contributed by atoms with E-state index in [9.17, 15) is 0 Å². The van der Waals surface area contributed by atoms with Crippen LogP contribution >= 0.6 is 24.8 Å². The maximum Gasteiger partial charge on any atom is 0.129 e. The third-order valence-corrected chi connectivity index (χ3v) is 1.89. The second kappa shape index (κ2) is 7.28. The minimum atomic E-state index is -0.214. The van der Waals surface area contributed by atoms with Gasteiger partial charge >= 0.3 is 0 Å². The second-order valence-corrected chi connectivity index (χ2v) is 4.35. The molecule has 92 valence electrons. The zero-order valence-corrected chi connectivity index (χ0v) is 11.1. The average Bonchev–Trinajstić information content (AvgIpc) is 2.46. The minimum absolute atomic E-state index is 0. The standard InChI is InChI=1S/C9H19N3O.2ClH/c1-9(2,3)13-12-8-6-11-5-7(8)4-10;;/h7,11H,4-6,10H2,1-3H3;2*1H. The van der Waals surface area contributed by atoms with Gasteiger partial charge in [-0.2, -0.15) is 0 Å². The molecule has 15 heavy (non-hydrogen) atoms. The van der Waals surface area contributed by atoms with Crippen LogP contribution in [0.1, 0.15) is 20.8 Å². The maximum atomic E-state index is 5.59. The molecule has 4 nitrogen and oxygen atoms in total. The van der Waals surface area contributed by atoms with Gasteiger partial charge < -0.3 is 15.9 Å². The molecule has 0 saturated carbocycles. The van der Waals surface area contributed by atoms with Crippen molar-refractivity contribution in [3.63, 3.8) is 0 Å². The van der Waals surface area contributed by atoms with Crippen molar-refractivity contribution in [2.45, 2.75) is 26.4 Å². The quantitative estimate of drug-likeness (QED) is 0.731. The van der Waals surface area contributed by atoms with Gasteiger partial charge in [0.05, 0.1) is 5.71 Å². The van der Waals surface area contributed by atoms with Crippen molar-refractivity contribution in [1.29, 1.82) is 0 Å². The summed E-state index contributed by atoms with van der Waals surface area (Å²) in [6.07, 6.45) is 0. The topological polar surface area (TPSA) is 59.6 Å². The monoisotopic (exact) mass is 257 g/mol. The lowest BCUT2D eigenvalue weighted by molar-refractivity contribution is 0.000170. The van der Waals surface area contributed by atoms with Gasteiger partial charge in [0.15, 0.2) is 0 Å². The number of nitrogens with zero attached hydrogens (tertiary/aromatic N) is 1. The van der Waals surface area contributed by atoms with Crippen molar-refractivity contribution in [2.24, 2.45) is 16.8 Å². The van der Waals surface area contributed by atoms with Crippen molar-refractivity contribution in [3.05, 3.63) is 0 Å². The van der Waals surface area contributed by atoms with Crippen molar-refractivity contribution >= 4 is 30.5 Å². The lowest BCUT2D eigenvalue weighted by Gasteiger charge is -2.17. The highest BCUT2D eigenvalue weighted by atomic mass is 35.5. The van der Waals surface area contributed by atoms with Crippen LogP contribution in [0.15, 0.2) is 5.16 Å². The van der Waals surface area contributed by atoms with E-state index in [0.29, 0.717) is 12.5 Å². The Hall–Kier alpha value is -0.0300. The summed E-state index contributed by atoms with van der Waals surface area (Å²) >= 11 is 0. The first-order valence-electron chi connectivity index (χ1n) is 4.68. The third-order valence-electron chi connectivity index (χ3n) is 1.89. The summed E-state index contributed by atoms with van der Waals surface area (Å²) in [5.41, 5.74) is 6.41. The molecule has 3 N–H and O–H groups in total. The molecule has 0 spiro atoms. The van der Waals surface area contributed by atoms with E-state index < -0.39 is 0 Å². The number of oxime groups is 1. The van der Waals surface area contributed by atoms with Crippen LogP contribution in [0.2, 0.25) is 0 Å². The van der Waals surface area contributed by atoms with Crippen LogP contribution in [0.25, 0.3) is 0 Å². The SMILES string of the molecule is CC(C)(C)ON=C1CNCC1CN.Cl.Cl. The molecule has 1 aliphatic rings.